The van der Waals surface area contributed by atoms with E-state index < -0.39 is 0 Å². The monoisotopic (exact) mass is 516 g/mol. The zero-order valence-corrected chi connectivity index (χ0v) is 21.9. The van der Waals surface area contributed by atoms with Gasteiger partial charge in [0.15, 0.2) is 0 Å². The van der Waals surface area contributed by atoms with Gasteiger partial charge < -0.3 is 4.57 Å². The number of tetrazole rings is 1. The Morgan fingerprint density at radius 1 is 1.08 bits per heavy atom. The standard InChI is InChI=1S/C27H29ClN8O/c1-4-5-9-23-17-36(26-24(28)11-13-34(26)18(2)3)27(37)35(23)16-22-15-20(10-12-29-22)19-7-6-8-21(14-19)25-30-32-33-31-25/h6-8,10-15,17-18H,4-5,9,16H2,1-3H3,(H,30,31,32,33). The summed E-state index contributed by atoms with van der Waals surface area (Å²) >= 11 is 6.54. The van der Waals surface area contributed by atoms with Crippen LogP contribution in [-0.4, -0.2) is 39.3 Å². The molecular formula is C27H29ClN8O. The summed E-state index contributed by atoms with van der Waals surface area (Å²) in [6, 6.07) is 13.9. The van der Waals surface area contributed by atoms with Crippen molar-refractivity contribution >= 4 is 11.6 Å². The molecule has 10 heteroatoms. The second-order valence-electron chi connectivity index (χ2n) is 9.30. The molecular weight excluding hydrogens is 488 g/mol. The van der Waals surface area contributed by atoms with Crippen molar-refractivity contribution in [1.82, 2.24) is 39.3 Å². The van der Waals surface area contributed by atoms with Gasteiger partial charge in [0.1, 0.15) is 5.82 Å². The highest BCUT2D eigenvalue weighted by molar-refractivity contribution is 6.32. The number of nitrogens with one attached hydrogen (secondary N) is 1. The molecule has 0 amide bonds. The van der Waals surface area contributed by atoms with E-state index in [1.54, 1.807) is 10.8 Å². The highest BCUT2D eigenvalue weighted by Gasteiger charge is 2.19. The third kappa shape index (κ3) is 4.99. The smallest absolute Gasteiger partial charge is 0.330 e. The van der Waals surface area contributed by atoms with Crippen molar-refractivity contribution in [2.45, 2.75) is 52.6 Å². The Hall–Kier alpha value is -3.98. The Morgan fingerprint density at radius 3 is 2.65 bits per heavy atom. The Morgan fingerprint density at radius 2 is 1.89 bits per heavy atom. The van der Waals surface area contributed by atoms with Crippen LogP contribution in [0.1, 0.15) is 51.0 Å². The van der Waals surface area contributed by atoms with Crippen LogP contribution in [0, 0.1) is 0 Å². The highest BCUT2D eigenvalue weighted by atomic mass is 35.5. The topological polar surface area (TPSA) is 99.2 Å². The predicted molar refractivity (Wildman–Crippen MR) is 144 cm³/mol. The number of hydrogen-bond acceptors (Lipinski definition) is 5. The quantitative estimate of drug-likeness (QED) is 0.286. The summed E-state index contributed by atoms with van der Waals surface area (Å²) < 4.78 is 5.50. The maximum Gasteiger partial charge on any atom is 0.334 e. The van der Waals surface area contributed by atoms with Crippen LogP contribution in [0.2, 0.25) is 5.02 Å². The number of imidazole rings is 1. The van der Waals surface area contributed by atoms with Crippen LogP contribution < -0.4 is 5.69 Å². The van der Waals surface area contributed by atoms with E-state index in [0.717, 1.165) is 47.3 Å². The molecule has 5 rings (SSSR count). The summed E-state index contributed by atoms with van der Waals surface area (Å²) in [5.74, 6) is 1.23. The lowest BCUT2D eigenvalue weighted by molar-refractivity contribution is 0.583. The van der Waals surface area contributed by atoms with Gasteiger partial charge >= 0.3 is 5.69 Å². The van der Waals surface area contributed by atoms with E-state index >= 15 is 0 Å². The zero-order chi connectivity index (χ0) is 25.9. The second-order valence-corrected chi connectivity index (χ2v) is 9.71. The Bertz CT molecular complexity index is 1560. The summed E-state index contributed by atoms with van der Waals surface area (Å²) in [6.07, 6.45) is 8.44. The minimum Gasteiger partial charge on any atom is -0.330 e. The number of nitrogens with zero attached hydrogens (tertiary/aromatic N) is 7. The summed E-state index contributed by atoms with van der Waals surface area (Å²) in [4.78, 5) is 18.3. The number of aromatic nitrogens is 8. The van der Waals surface area contributed by atoms with Crippen molar-refractivity contribution < 1.29 is 0 Å². The minimum atomic E-state index is -0.125. The van der Waals surface area contributed by atoms with Crippen molar-refractivity contribution in [3.05, 3.63) is 87.9 Å². The van der Waals surface area contributed by atoms with Gasteiger partial charge in [-0.25, -0.2) is 4.79 Å². The van der Waals surface area contributed by atoms with Gasteiger partial charge in [-0.1, -0.05) is 43.1 Å². The molecule has 1 aromatic carbocycles. The molecule has 0 atom stereocenters. The summed E-state index contributed by atoms with van der Waals surface area (Å²) in [6.45, 7) is 6.66. The molecule has 1 N–H and O–H groups in total. The van der Waals surface area contributed by atoms with E-state index in [-0.39, 0.29) is 11.7 Å². The number of H-pyrrole nitrogens is 1. The molecule has 0 aliphatic heterocycles. The van der Waals surface area contributed by atoms with Crippen LogP contribution in [0.15, 0.2) is 65.8 Å². The molecule has 190 valence electrons. The number of halogens is 1. The first-order valence-corrected chi connectivity index (χ1v) is 12.8. The van der Waals surface area contributed by atoms with Crippen molar-refractivity contribution in [1.29, 1.82) is 0 Å². The molecule has 4 aromatic heterocycles. The average molecular weight is 517 g/mol. The number of aromatic amines is 1. The van der Waals surface area contributed by atoms with Crippen LogP contribution in [-0.2, 0) is 13.0 Å². The van der Waals surface area contributed by atoms with Crippen molar-refractivity contribution in [2.24, 2.45) is 0 Å². The molecule has 0 aliphatic rings. The maximum atomic E-state index is 13.7. The van der Waals surface area contributed by atoms with Crippen molar-refractivity contribution in [3.63, 3.8) is 0 Å². The first kappa shape index (κ1) is 24.7. The van der Waals surface area contributed by atoms with Gasteiger partial charge in [0, 0.05) is 35.9 Å². The van der Waals surface area contributed by atoms with Crippen LogP contribution in [0.3, 0.4) is 0 Å². The van der Waals surface area contributed by atoms with Crippen LogP contribution in [0.5, 0.6) is 0 Å². The number of rotatable bonds is 9. The van der Waals surface area contributed by atoms with Crippen molar-refractivity contribution in [2.75, 3.05) is 0 Å². The lowest BCUT2D eigenvalue weighted by atomic mass is 10.0. The number of unbranched alkanes of at least 4 members (excludes halogenated alkanes) is 1. The third-order valence-electron chi connectivity index (χ3n) is 6.41. The van der Waals surface area contributed by atoms with E-state index in [2.05, 4.69) is 46.4 Å². The lowest BCUT2D eigenvalue weighted by Crippen LogP contribution is -2.26. The minimum absolute atomic E-state index is 0.125. The van der Waals surface area contributed by atoms with Crippen LogP contribution in [0.4, 0.5) is 0 Å². The Labute approximate surface area is 219 Å². The van der Waals surface area contributed by atoms with E-state index in [1.165, 1.54) is 0 Å². The normalized spacial score (nSPS) is 11.5. The van der Waals surface area contributed by atoms with Gasteiger partial charge in [0.25, 0.3) is 0 Å². The molecule has 9 nitrogen and oxygen atoms in total. The number of benzene rings is 1. The molecule has 5 aromatic rings. The lowest BCUT2D eigenvalue weighted by Gasteiger charge is -2.13. The molecule has 0 unspecified atom stereocenters. The predicted octanol–water partition coefficient (Wildman–Crippen LogP) is 5.31. The number of aryl methyl sites for hydroxylation is 1. The third-order valence-corrected chi connectivity index (χ3v) is 6.70. The molecule has 0 aliphatic carbocycles. The van der Waals surface area contributed by atoms with E-state index in [1.807, 2.05) is 64.0 Å². The fourth-order valence-corrected chi connectivity index (χ4v) is 4.75. The van der Waals surface area contributed by atoms with Gasteiger partial charge in [0.2, 0.25) is 5.82 Å². The van der Waals surface area contributed by atoms with Crippen molar-refractivity contribution in [3.8, 4) is 28.3 Å². The molecule has 4 heterocycles. The van der Waals surface area contributed by atoms with Gasteiger partial charge in [-0.3, -0.25) is 14.1 Å². The number of pyridine rings is 1. The number of hydrogen-bond donors (Lipinski definition) is 1. The zero-order valence-electron chi connectivity index (χ0n) is 21.1. The fraction of sp³-hybridized carbons (Fsp3) is 0.296. The first-order chi connectivity index (χ1) is 18.0. The van der Waals surface area contributed by atoms with Crippen LogP contribution >= 0.6 is 11.6 Å². The second kappa shape index (κ2) is 10.6. The molecule has 0 bridgehead atoms. The SMILES string of the molecule is CCCCc1cn(-c2c(Cl)ccn2C(C)C)c(=O)n1Cc1cc(-c2cccc(-c3nn[nH]n3)c2)ccn1. The van der Waals surface area contributed by atoms with E-state index in [0.29, 0.717) is 23.2 Å². The van der Waals surface area contributed by atoms with E-state index in [4.69, 9.17) is 11.6 Å². The maximum absolute atomic E-state index is 13.7. The average Bonchev–Trinajstić information content (AvgIpc) is 3.64. The highest BCUT2D eigenvalue weighted by Crippen LogP contribution is 2.26. The summed E-state index contributed by atoms with van der Waals surface area (Å²) in [5, 5.41) is 14.8. The molecule has 0 saturated heterocycles. The molecule has 0 spiro atoms. The van der Waals surface area contributed by atoms with Gasteiger partial charge in [-0.05, 0) is 67.3 Å². The molecule has 0 saturated carbocycles. The fourth-order valence-electron chi connectivity index (χ4n) is 4.50. The Kier molecular flexibility index (Phi) is 7.05. The Balaban J connectivity index is 1.52. The largest absolute Gasteiger partial charge is 0.334 e. The first-order valence-electron chi connectivity index (χ1n) is 12.4. The van der Waals surface area contributed by atoms with Gasteiger partial charge in [-0.15, -0.1) is 10.2 Å². The van der Waals surface area contributed by atoms with Gasteiger partial charge in [0.05, 0.1) is 17.3 Å². The summed E-state index contributed by atoms with van der Waals surface area (Å²) in [7, 11) is 0. The molecule has 0 fully saturated rings. The van der Waals surface area contributed by atoms with Crippen LogP contribution in [0.25, 0.3) is 28.3 Å². The van der Waals surface area contributed by atoms with Gasteiger partial charge in [-0.2, -0.15) is 5.21 Å². The summed E-state index contributed by atoms with van der Waals surface area (Å²) in [5.41, 5.74) is 4.50. The molecule has 37 heavy (non-hydrogen) atoms. The van der Waals surface area contributed by atoms with E-state index in [9.17, 15) is 4.79 Å². The molecule has 0 radical (unpaired) electrons.